The maximum absolute atomic E-state index is 8.79. The van der Waals surface area contributed by atoms with Gasteiger partial charge in [-0.1, -0.05) is 20.8 Å². The number of nitriles is 1. The van der Waals surface area contributed by atoms with Crippen LogP contribution in [-0.2, 0) is 5.41 Å². The van der Waals surface area contributed by atoms with Crippen molar-refractivity contribution >= 4 is 11.8 Å². The summed E-state index contributed by atoms with van der Waals surface area (Å²) in [5.74, 6) is 0. The standard InChI is InChI=1S/C13H20N4S/c1-13(2,3)11-7-12(18-9-14)15-17(11)10-5-6-16(4)8-10/h7,10H,5-6,8H2,1-4H3/t10-/m1/s1. The highest BCUT2D eigenvalue weighted by atomic mass is 32.2. The Balaban J connectivity index is 2.35. The molecule has 0 N–H and O–H groups in total. The van der Waals surface area contributed by atoms with Gasteiger partial charge in [-0.2, -0.15) is 10.4 Å². The number of thioether (sulfide) groups is 1. The summed E-state index contributed by atoms with van der Waals surface area (Å²) in [6.45, 7) is 8.75. The smallest absolute Gasteiger partial charge is 0.140 e. The van der Waals surface area contributed by atoms with Crippen LogP contribution in [0.1, 0.15) is 38.9 Å². The van der Waals surface area contributed by atoms with E-state index in [2.05, 4.69) is 54.0 Å². The Morgan fingerprint density at radius 1 is 1.50 bits per heavy atom. The summed E-state index contributed by atoms with van der Waals surface area (Å²) >= 11 is 1.15. The molecule has 1 fully saturated rings. The van der Waals surface area contributed by atoms with Crippen LogP contribution in [0.25, 0.3) is 0 Å². The highest BCUT2D eigenvalue weighted by molar-refractivity contribution is 8.03. The molecule has 1 aromatic heterocycles. The minimum Gasteiger partial charge on any atom is -0.304 e. The topological polar surface area (TPSA) is 44.9 Å². The molecule has 18 heavy (non-hydrogen) atoms. The van der Waals surface area contributed by atoms with Crippen molar-refractivity contribution < 1.29 is 0 Å². The van der Waals surface area contributed by atoms with Gasteiger partial charge >= 0.3 is 0 Å². The first-order chi connectivity index (χ1) is 8.41. The molecular formula is C13H20N4S. The Morgan fingerprint density at radius 2 is 2.22 bits per heavy atom. The van der Waals surface area contributed by atoms with E-state index in [0.29, 0.717) is 6.04 Å². The molecule has 1 aromatic rings. The highest BCUT2D eigenvalue weighted by Gasteiger charge is 2.28. The third kappa shape index (κ3) is 2.70. The SMILES string of the molecule is CN1CC[C@@H](n2nc(SC#N)cc2C(C)(C)C)C1. The average Bonchev–Trinajstić information content (AvgIpc) is 2.83. The minimum atomic E-state index is 0.0580. The molecule has 0 aliphatic carbocycles. The molecular weight excluding hydrogens is 244 g/mol. The monoisotopic (exact) mass is 264 g/mol. The average molecular weight is 264 g/mol. The van der Waals surface area contributed by atoms with E-state index in [1.807, 2.05) is 0 Å². The van der Waals surface area contributed by atoms with E-state index >= 15 is 0 Å². The van der Waals surface area contributed by atoms with Crippen molar-refractivity contribution in [3.05, 3.63) is 11.8 Å². The third-order valence-electron chi connectivity index (χ3n) is 3.34. The van der Waals surface area contributed by atoms with Crippen LogP contribution in [0, 0.1) is 10.7 Å². The molecule has 98 valence electrons. The van der Waals surface area contributed by atoms with Gasteiger partial charge in [0.15, 0.2) is 0 Å². The minimum absolute atomic E-state index is 0.0580. The number of thiocyanates is 1. The molecule has 0 bridgehead atoms. The molecule has 1 aliphatic rings. The Bertz CT molecular complexity index is 466. The summed E-state index contributed by atoms with van der Waals surface area (Å²) in [6.07, 6.45) is 1.14. The number of likely N-dealkylation sites (tertiary alicyclic amines) is 1. The number of hydrogen-bond acceptors (Lipinski definition) is 4. The van der Waals surface area contributed by atoms with E-state index in [1.165, 1.54) is 5.69 Å². The van der Waals surface area contributed by atoms with E-state index < -0.39 is 0 Å². The van der Waals surface area contributed by atoms with Crippen molar-refractivity contribution in [2.45, 2.75) is 43.7 Å². The molecule has 2 rings (SSSR count). The lowest BCUT2D eigenvalue weighted by molar-refractivity contribution is 0.364. The van der Waals surface area contributed by atoms with Crippen LogP contribution in [0.15, 0.2) is 11.1 Å². The second-order valence-corrected chi connectivity index (χ2v) is 6.77. The lowest BCUT2D eigenvalue weighted by atomic mass is 9.92. The molecule has 1 saturated heterocycles. The maximum atomic E-state index is 8.79. The third-order valence-corrected chi connectivity index (χ3v) is 3.84. The Hall–Kier alpha value is -0.990. The molecule has 5 heteroatoms. The molecule has 4 nitrogen and oxygen atoms in total. The predicted octanol–water partition coefficient (Wildman–Crippen LogP) is 2.63. The van der Waals surface area contributed by atoms with Gasteiger partial charge in [-0.05, 0) is 26.1 Å². The fourth-order valence-electron chi connectivity index (χ4n) is 2.42. The number of hydrogen-bond donors (Lipinski definition) is 0. The molecule has 0 spiro atoms. The quantitative estimate of drug-likeness (QED) is 0.608. The van der Waals surface area contributed by atoms with E-state index in [-0.39, 0.29) is 5.41 Å². The molecule has 0 unspecified atom stereocenters. The zero-order chi connectivity index (χ0) is 13.3. The van der Waals surface area contributed by atoms with Gasteiger partial charge in [0.1, 0.15) is 10.4 Å². The van der Waals surface area contributed by atoms with E-state index in [0.717, 1.165) is 36.3 Å². The lowest BCUT2D eigenvalue weighted by Gasteiger charge is -2.23. The predicted molar refractivity (Wildman–Crippen MR) is 73.5 cm³/mol. The summed E-state index contributed by atoms with van der Waals surface area (Å²) in [6, 6.07) is 2.50. The largest absolute Gasteiger partial charge is 0.304 e. The van der Waals surface area contributed by atoms with E-state index in [1.54, 1.807) is 0 Å². The number of likely N-dealkylation sites (N-methyl/N-ethyl adjacent to an activating group) is 1. The van der Waals surface area contributed by atoms with Gasteiger partial charge in [-0.3, -0.25) is 4.68 Å². The van der Waals surface area contributed by atoms with Gasteiger partial charge in [0.25, 0.3) is 0 Å². The summed E-state index contributed by atoms with van der Waals surface area (Å²) in [7, 11) is 2.14. The van der Waals surface area contributed by atoms with Crippen LogP contribution in [0.5, 0.6) is 0 Å². The number of aromatic nitrogens is 2. The molecule has 0 radical (unpaired) electrons. The van der Waals surface area contributed by atoms with Gasteiger partial charge in [-0.25, -0.2) is 0 Å². The molecule has 1 atom stereocenters. The molecule has 0 saturated carbocycles. The van der Waals surface area contributed by atoms with Crippen molar-refractivity contribution in [3.8, 4) is 5.40 Å². The maximum Gasteiger partial charge on any atom is 0.140 e. The molecule has 1 aliphatic heterocycles. The Morgan fingerprint density at radius 3 is 2.72 bits per heavy atom. The summed E-state index contributed by atoms with van der Waals surface area (Å²) < 4.78 is 2.14. The first-order valence-electron chi connectivity index (χ1n) is 6.26. The van der Waals surface area contributed by atoms with Gasteiger partial charge in [0.05, 0.1) is 6.04 Å². The van der Waals surface area contributed by atoms with Crippen molar-refractivity contribution in [1.29, 1.82) is 5.26 Å². The fraction of sp³-hybridized carbons (Fsp3) is 0.692. The fourth-order valence-corrected chi connectivity index (χ4v) is 2.81. The van der Waals surface area contributed by atoms with Crippen molar-refractivity contribution in [3.63, 3.8) is 0 Å². The van der Waals surface area contributed by atoms with Gasteiger partial charge < -0.3 is 4.90 Å². The molecule has 0 aromatic carbocycles. The van der Waals surface area contributed by atoms with Crippen molar-refractivity contribution in [2.75, 3.05) is 20.1 Å². The second kappa shape index (κ2) is 4.94. The van der Waals surface area contributed by atoms with Crippen LogP contribution >= 0.6 is 11.8 Å². The summed E-state index contributed by atoms with van der Waals surface area (Å²) in [5.41, 5.74) is 1.28. The summed E-state index contributed by atoms with van der Waals surface area (Å²) in [4.78, 5) is 2.33. The van der Waals surface area contributed by atoms with Gasteiger partial charge in [0, 0.05) is 29.4 Å². The van der Waals surface area contributed by atoms with Crippen LogP contribution in [0.4, 0.5) is 0 Å². The Kier molecular flexibility index (Phi) is 3.69. The number of rotatable bonds is 2. The van der Waals surface area contributed by atoms with Crippen LogP contribution in [0.2, 0.25) is 0 Å². The number of nitrogens with zero attached hydrogens (tertiary/aromatic N) is 4. The van der Waals surface area contributed by atoms with Crippen molar-refractivity contribution in [2.24, 2.45) is 0 Å². The highest BCUT2D eigenvalue weighted by Crippen LogP contribution is 2.31. The second-order valence-electron chi connectivity index (χ2n) is 5.96. The van der Waals surface area contributed by atoms with Crippen LogP contribution in [-0.4, -0.2) is 34.8 Å². The molecule has 0 amide bonds. The summed E-state index contributed by atoms with van der Waals surface area (Å²) in [5, 5.41) is 16.3. The van der Waals surface area contributed by atoms with Gasteiger partial charge in [0.2, 0.25) is 0 Å². The van der Waals surface area contributed by atoms with E-state index in [9.17, 15) is 0 Å². The zero-order valence-electron chi connectivity index (χ0n) is 11.5. The Labute approximate surface area is 113 Å². The lowest BCUT2D eigenvalue weighted by Crippen LogP contribution is -2.24. The first kappa shape index (κ1) is 13.4. The normalized spacial score (nSPS) is 21.2. The van der Waals surface area contributed by atoms with Crippen LogP contribution < -0.4 is 0 Å². The first-order valence-corrected chi connectivity index (χ1v) is 7.08. The van der Waals surface area contributed by atoms with Gasteiger partial charge in [-0.15, -0.1) is 0 Å². The van der Waals surface area contributed by atoms with Crippen LogP contribution in [0.3, 0.4) is 0 Å². The molecule has 2 heterocycles. The van der Waals surface area contributed by atoms with Crippen molar-refractivity contribution in [1.82, 2.24) is 14.7 Å². The zero-order valence-corrected chi connectivity index (χ0v) is 12.3. The van der Waals surface area contributed by atoms with E-state index in [4.69, 9.17) is 5.26 Å².